The highest BCUT2D eigenvalue weighted by Crippen LogP contribution is 2.38. The number of carbonyl (C=O) groups excluding carboxylic acids is 1. The molecule has 0 atom stereocenters. The predicted molar refractivity (Wildman–Crippen MR) is 84.0 cm³/mol. The number of aryl methyl sites for hydroxylation is 2. The van der Waals surface area contributed by atoms with E-state index >= 15 is 0 Å². The Bertz CT molecular complexity index is 669. The predicted octanol–water partition coefficient (Wildman–Crippen LogP) is 3.51. The lowest BCUT2D eigenvalue weighted by molar-refractivity contribution is -0.140. The van der Waals surface area contributed by atoms with Gasteiger partial charge in [-0.25, -0.2) is 4.98 Å². The number of fused-ring (bicyclic) bond motifs is 3. The zero-order valence-electron chi connectivity index (χ0n) is 12.9. The summed E-state index contributed by atoms with van der Waals surface area (Å²) in [7, 11) is 1.44. The first-order chi connectivity index (χ1) is 10.0. The number of esters is 1. The van der Waals surface area contributed by atoms with Crippen LogP contribution in [0.4, 0.5) is 0 Å². The number of methoxy groups -OCH3 is 1. The molecule has 0 bridgehead atoms. The molecule has 0 fully saturated rings. The van der Waals surface area contributed by atoms with E-state index < -0.39 is 0 Å². The summed E-state index contributed by atoms with van der Waals surface area (Å²) in [5.74, 6) is -0.129. The van der Waals surface area contributed by atoms with Gasteiger partial charge in [-0.3, -0.25) is 9.20 Å². The molecule has 5 heteroatoms. The second-order valence-electron chi connectivity index (χ2n) is 6.42. The second-order valence-corrected chi connectivity index (χ2v) is 7.26. The minimum Gasteiger partial charge on any atom is -0.469 e. The number of rotatable bonds is 4. The SMILES string of the molecule is COC(=O)CCCc1csc2nc3c(n12)CCCC3(C)C. The monoisotopic (exact) mass is 306 g/mol. The fraction of sp³-hybridized carbons (Fsp3) is 0.625. The lowest BCUT2D eigenvalue weighted by atomic mass is 9.78. The van der Waals surface area contributed by atoms with Crippen LogP contribution in [0.1, 0.15) is 56.6 Å². The van der Waals surface area contributed by atoms with Crippen molar-refractivity contribution in [3.63, 3.8) is 0 Å². The smallest absolute Gasteiger partial charge is 0.305 e. The first kappa shape index (κ1) is 14.6. The molecular weight excluding hydrogens is 284 g/mol. The normalized spacial score (nSPS) is 16.9. The maximum atomic E-state index is 11.2. The van der Waals surface area contributed by atoms with Gasteiger partial charge in [0.2, 0.25) is 0 Å². The van der Waals surface area contributed by atoms with E-state index in [-0.39, 0.29) is 11.4 Å². The molecule has 3 rings (SSSR count). The van der Waals surface area contributed by atoms with Gasteiger partial charge in [-0.15, -0.1) is 11.3 Å². The third-order valence-electron chi connectivity index (χ3n) is 4.43. The number of aromatic nitrogens is 2. The van der Waals surface area contributed by atoms with Crippen molar-refractivity contribution in [3.05, 3.63) is 22.5 Å². The summed E-state index contributed by atoms with van der Waals surface area (Å²) in [6, 6.07) is 0. The molecule has 2 aromatic heterocycles. The summed E-state index contributed by atoms with van der Waals surface area (Å²) in [6.45, 7) is 4.58. The van der Waals surface area contributed by atoms with E-state index in [1.54, 1.807) is 11.3 Å². The van der Waals surface area contributed by atoms with E-state index in [1.165, 1.54) is 37.0 Å². The summed E-state index contributed by atoms with van der Waals surface area (Å²) < 4.78 is 7.04. The van der Waals surface area contributed by atoms with Crippen LogP contribution in [0.15, 0.2) is 5.38 Å². The van der Waals surface area contributed by atoms with Gasteiger partial charge < -0.3 is 4.74 Å². The average molecular weight is 306 g/mol. The van der Waals surface area contributed by atoms with Gasteiger partial charge in [0.1, 0.15) is 0 Å². The highest BCUT2D eigenvalue weighted by atomic mass is 32.1. The fourth-order valence-corrected chi connectivity index (χ4v) is 4.20. The van der Waals surface area contributed by atoms with Gasteiger partial charge >= 0.3 is 5.97 Å². The molecule has 2 aromatic rings. The zero-order valence-corrected chi connectivity index (χ0v) is 13.8. The summed E-state index contributed by atoms with van der Waals surface area (Å²) in [5, 5.41) is 2.18. The van der Waals surface area contributed by atoms with Crippen LogP contribution in [0, 0.1) is 0 Å². The first-order valence-corrected chi connectivity index (χ1v) is 8.46. The summed E-state index contributed by atoms with van der Waals surface area (Å²) in [4.78, 5) is 17.2. The maximum absolute atomic E-state index is 11.2. The topological polar surface area (TPSA) is 43.6 Å². The molecule has 0 spiro atoms. The number of hydrogen-bond donors (Lipinski definition) is 0. The number of carbonyl (C=O) groups is 1. The van der Waals surface area contributed by atoms with E-state index in [2.05, 4.69) is 23.6 Å². The molecular formula is C16H22N2O2S. The Morgan fingerprint density at radius 1 is 1.52 bits per heavy atom. The Morgan fingerprint density at radius 2 is 2.33 bits per heavy atom. The van der Waals surface area contributed by atoms with Crippen LogP contribution in [-0.4, -0.2) is 22.5 Å². The molecule has 0 saturated heterocycles. The largest absolute Gasteiger partial charge is 0.469 e. The Kier molecular flexibility index (Phi) is 3.78. The van der Waals surface area contributed by atoms with Crippen molar-refractivity contribution >= 4 is 22.3 Å². The quantitative estimate of drug-likeness (QED) is 0.812. The molecule has 0 aromatic carbocycles. The number of imidazole rings is 1. The third kappa shape index (κ3) is 2.59. The lowest BCUT2D eigenvalue weighted by Gasteiger charge is -2.28. The van der Waals surface area contributed by atoms with Crippen LogP contribution in [0.2, 0.25) is 0 Å². The minimum atomic E-state index is -0.129. The molecule has 114 valence electrons. The van der Waals surface area contributed by atoms with Crippen molar-refractivity contribution in [3.8, 4) is 0 Å². The van der Waals surface area contributed by atoms with Crippen LogP contribution < -0.4 is 0 Å². The van der Waals surface area contributed by atoms with Gasteiger partial charge in [-0.05, 0) is 32.1 Å². The van der Waals surface area contributed by atoms with Crippen LogP contribution in [0.5, 0.6) is 0 Å². The number of ether oxygens (including phenoxy) is 1. The summed E-state index contributed by atoms with van der Waals surface area (Å²) >= 11 is 1.71. The minimum absolute atomic E-state index is 0.129. The molecule has 0 radical (unpaired) electrons. The van der Waals surface area contributed by atoms with Crippen molar-refractivity contribution in [2.24, 2.45) is 0 Å². The Balaban J connectivity index is 1.88. The van der Waals surface area contributed by atoms with Gasteiger partial charge in [0.25, 0.3) is 0 Å². The molecule has 21 heavy (non-hydrogen) atoms. The van der Waals surface area contributed by atoms with Crippen LogP contribution >= 0.6 is 11.3 Å². The molecule has 0 N–H and O–H groups in total. The van der Waals surface area contributed by atoms with Crippen molar-refractivity contribution in [2.75, 3.05) is 7.11 Å². The molecule has 0 aliphatic heterocycles. The highest BCUT2D eigenvalue weighted by Gasteiger charge is 2.32. The second kappa shape index (κ2) is 5.44. The summed E-state index contributed by atoms with van der Waals surface area (Å²) in [6.07, 6.45) is 5.76. The lowest BCUT2D eigenvalue weighted by Crippen LogP contribution is -2.24. The molecule has 1 aliphatic carbocycles. The molecule has 0 amide bonds. The zero-order chi connectivity index (χ0) is 15.0. The van der Waals surface area contributed by atoms with Crippen molar-refractivity contribution < 1.29 is 9.53 Å². The van der Waals surface area contributed by atoms with Gasteiger partial charge in [-0.2, -0.15) is 0 Å². The average Bonchev–Trinajstić information content (AvgIpc) is 2.99. The van der Waals surface area contributed by atoms with Crippen LogP contribution in [0.3, 0.4) is 0 Å². The van der Waals surface area contributed by atoms with Crippen molar-refractivity contribution in [1.29, 1.82) is 0 Å². The van der Waals surface area contributed by atoms with E-state index in [9.17, 15) is 4.79 Å². The van der Waals surface area contributed by atoms with E-state index in [0.29, 0.717) is 6.42 Å². The third-order valence-corrected chi connectivity index (χ3v) is 5.30. The van der Waals surface area contributed by atoms with Gasteiger partial charge in [-0.1, -0.05) is 13.8 Å². The fourth-order valence-electron chi connectivity index (χ4n) is 3.26. The molecule has 4 nitrogen and oxygen atoms in total. The Labute approximate surface area is 129 Å². The molecule has 2 heterocycles. The van der Waals surface area contributed by atoms with Crippen LogP contribution in [0.25, 0.3) is 4.96 Å². The molecule has 1 aliphatic rings. The van der Waals surface area contributed by atoms with Gasteiger partial charge in [0, 0.05) is 28.6 Å². The molecule has 0 unspecified atom stereocenters. The number of hydrogen-bond acceptors (Lipinski definition) is 4. The highest BCUT2D eigenvalue weighted by molar-refractivity contribution is 7.15. The number of thiazole rings is 1. The van der Waals surface area contributed by atoms with Crippen molar-refractivity contribution in [1.82, 2.24) is 9.38 Å². The van der Waals surface area contributed by atoms with Gasteiger partial charge in [0.15, 0.2) is 4.96 Å². The Hall–Kier alpha value is -1.36. The standard InChI is InChI=1S/C16H22N2O2S/c1-16(2)9-5-7-12-14(16)17-15-18(12)11(10-21-15)6-4-8-13(19)20-3/h10H,4-9H2,1-3H3. The Morgan fingerprint density at radius 3 is 3.10 bits per heavy atom. The van der Waals surface area contributed by atoms with E-state index in [4.69, 9.17) is 9.72 Å². The van der Waals surface area contributed by atoms with E-state index in [0.717, 1.165) is 24.2 Å². The first-order valence-electron chi connectivity index (χ1n) is 7.58. The maximum Gasteiger partial charge on any atom is 0.305 e. The van der Waals surface area contributed by atoms with Gasteiger partial charge in [0.05, 0.1) is 12.8 Å². The molecule has 0 saturated carbocycles. The number of nitrogens with zero attached hydrogens (tertiary/aromatic N) is 2. The van der Waals surface area contributed by atoms with Crippen LogP contribution in [-0.2, 0) is 27.8 Å². The summed E-state index contributed by atoms with van der Waals surface area (Å²) in [5.41, 5.74) is 4.12. The van der Waals surface area contributed by atoms with Crippen molar-refractivity contribution in [2.45, 2.75) is 57.8 Å². The van der Waals surface area contributed by atoms with E-state index in [1.807, 2.05) is 0 Å².